The summed E-state index contributed by atoms with van der Waals surface area (Å²) in [4.78, 5) is 16.3. The van der Waals surface area contributed by atoms with Gasteiger partial charge in [-0.1, -0.05) is 26.7 Å². The largest absolute Gasteiger partial charge is 0.354 e. The van der Waals surface area contributed by atoms with Crippen molar-refractivity contribution in [1.29, 1.82) is 0 Å². The van der Waals surface area contributed by atoms with E-state index < -0.39 is 0 Å². The lowest BCUT2D eigenvalue weighted by atomic mass is 10.3. The van der Waals surface area contributed by atoms with E-state index >= 15 is 0 Å². The highest BCUT2D eigenvalue weighted by atomic mass is 32.2. The van der Waals surface area contributed by atoms with E-state index in [4.69, 9.17) is 0 Å². The number of aromatic nitrogens is 4. The fourth-order valence-corrected chi connectivity index (χ4v) is 2.74. The minimum Gasteiger partial charge on any atom is -0.354 e. The molecule has 0 aliphatic rings. The molecule has 0 atom stereocenters. The van der Waals surface area contributed by atoms with Crippen molar-refractivity contribution in [3.05, 3.63) is 6.33 Å². The lowest BCUT2D eigenvalue weighted by Gasteiger charge is -2.06. The maximum absolute atomic E-state index is 4.58. The maximum Gasteiger partial charge on any atom is 0.225 e. The van der Waals surface area contributed by atoms with Gasteiger partial charge in [0.1, 0.15) is 10.5 Å². The molecule has 2 heterocycles. The zero-order chi connectivity index (χ0) is 13.5. The Morgan fingerprint density at radius 2 is 2.11 bits per heavy atom. The highest BCUT2D eigenvalue weighted by Gasteiger charge is 2.09. The molecule has 0 unspecified atom stereocenters. The predicted octanol–water partition coefficient (Wildman–Crippen LogP) is 3.46. The summed E-state index contributed by atoms with van der Waals surface area (Å²) in [5.74, 6) is 1.77. The number of nitrogens with zero attached hydrogens (tertiary/aromatic N) is 3. The van der Waals surface area contributed by atoms with Gasteiger partial charge in [-0.15, -0.1) is 11.8 Å². The average molecular weight is 279 g/mol. The molecular formula is C13H21N5S. The molecule has 6 heteroatoms. The Morgan fingerprint density at radius 3 is 2.89 bits per heavy atom. The molecule has 0 spiro atoms. The molecule has 2 N–H and O–H groups in total. The minimum atomic E-state index is 0.680. The molecule has 0 aliphatic heterocycles. The third-order valence-corrected chi connectivity index (χ3v) is 3.83. The molecule has 19 heavy (non-hydrogen) atoms. The molecule has 2 aromatic heterocycles. The van der Waals surface area contributed by atoms with Crippen LogP contribution in [0, 0.1) is 0 Å². The van der Waals surface area contributed by atoms with E-state index in [1.54, 1.807) is 18.1 Å². The molecule has 0 radical (unpaired) electrons. The Kier molecular flexibility index (Phi) is 5.44. The smallest absolute Gasteiger partial charge is 0.225 e. The monoisotopic (exact) mass is 279 g/mol. The molecule has 0 aliphatic carbocycles. The number of H-pyrrole nitrogens is 1. The topological polar surface area (TPSA) is 66.5 Å². The first-order valence-electron chi connectivity index (χ1n) is 6.93. The summed E-state index contributed by atoms with van der Waals surface area (Å²) in [5, 5.41) is 4.23. The van der Waals surface area contributed by atoms with Crippen LogP contribution in [0.2, 0.25) is 0 Å². The van der Waals surface area contributed by atoms with Crippen LogP contribution in [0.5, 0.6) is 0 Å². The van der Waals surface area contributed by atoms with E-state index in [2.05, 4.69) is 39.1 Å². The van der Waals surface area contributed by atoms with Gasteiger partial charge in [0.05, 0.1) is 6.33 Å². The number of imidazole rings is 1. The molecular weight excluding hydrogens is 258 g/mol. The van der Waals surface area contributed by atoms with Gasteiger partial charge >= 0.3 is 0 Å². The molecule has 5 nitrogen and oxygen atoms in total. The van der Waals surface area contributed by atoms with Crippen molar-refractivity contribution < 1.29 is 0 Å². The molecule has 0 saturated heterocycles. The van der Waals surface area contributed by atoms with Crippen LogP contribution in [0.15, 0.2) is 11.4 Å². The number of rotatable bonds is 8. The highest BCUT2D eigenvalue weighted by molar-refractivity contribution is 7.99. The summed E-state index contributed by atoms with van der Waals surface area (Å²) in [6, 6.07) is 0. The van der Waals surface area contributed by atoms with Crippen LogP contribution in [0.4, 0.5) is 5.95 Å². The van der Waals surface area contributed by atoms with E-state index in [0.717, 1.165) is 34.9 Å². The lowest BCUT2D eigenvalue weighted by molar-refractivity contribution is 0.778. The molecule has 0 amide bonds. The predicted molar refractivity (Wildman–Crippen MR) is 80.7 cm³/mol. The Labute approximate surface area is 118 Å². The van der Waals surface area contributed by atoms with Crippen LogP contribution in [0.1, 0.15) is 39.5 Å². The van der Waals surface area contributed by atoms with Gasteiger partial charge in [0.25, 0.3) is 0 Å². The van der Waals surface area contributed by atoms with Crippen LogP contribution in [-0.2, 0) is 0 Å². The van der Waals surface area contributed by atoms with Gasteiger partial charge in [-0.2, -0.15) is 4.98 Å². The molecule has 2 aromatic rings. The van der Waals surface area contributed by atoms with Crippen molar-refractivity contribution in [3.8, 4) is 0 Å². The first-order valence-corrected chi connectivity index (χ1v) is 7.91. The molecule has 0 bridgehead atoms. The second-order valence-corrected chi connectivity index (χ2v) is 5.52. The molecule has 0 saturated carbocycles. The lowest BCUT2D eigenvalue weighted by Crippen LogP contribution is -2.05. The third kappa shape index (κ3) is 3.83. The number of anilines is 1. The third-order valence-electron chi connectivity index (χ3n) is 2.77. The number of hydrogen-bond acceptors (Lipinski definition) is 5. The highest BCUT2D eigenvalue weighted by Crippen LogP contribution is 2.25. The fraction of sp³-hybridized carbons (Fsp3) is 0.615. The number of nitrogens with one attached hydrogen (secondary N) is 2. The first kappa shape index (κ1) is 14.1. The summed E-state index contributed by atoms with van der Waals surface area (Å²) in [6.45, 7) is 5.23. The van der Waals surface area contributed by atoms with Gasteiger partial charge in [-0.05, 0) is 18.6 Å². The van der Waals surface area contributed by atoms with Crippen LogP contribution >= 0.6 is 11.8 Å². The Morgan fingerprint density at radius 1 is 1.21 bits per heavy atom. The van der Waals surface area contributed by atoms with Crippen LogP contribution < -0.4 is 5.32 Å². The maximum atomic E-state index is 4.58. The van der Waals surface area contributed by atoms with Gasteiger partial charge in [0.15, 0.2) is 5.65 Å². The summed E-state index contributed by atoms with van der Waals surface area (Å²) in [7, 11) is 0. The van der Waals surface area contributed by atoms with Crippen LogP contribution in [0.25, 0.3) is 11.2 Å². The normalized spacial score (nSPS) is 11.1. The van der Waals surface area contributed by atoms with Crippen LogP contribution in [0.3, 0.4) is 0 Å². The summed E-state index contributed by atoms with van der Waals surface area (Å²) in [6.07, 6.45) is 6.47. The Bertz CT molecular complexity index is 511. The van der Waals surface area contributed by atoms with Crippen molar-refractivity contribution in [2.24, 2.45) is 0 Å². The van der Waals surface area contributed by atoms with E-state index in [0.29, 0.717) is 5.95 Å². The Balaban J connectivity index is 2.12. The molecule has 104 valence electrons. The number of aromatic amines is 1. The SMILES string of the molecule is CCCCCSc1nc(NCCC)nc2nc[nH]c12. The summed E-state index contributed by atoms with van der Waals surface area (Å²) >= 11 is 1.78. The quantitative estimate of drug-likeness (QED) is 0.440. The first-order chi connectivity index (χ1) is 9.35. The number of fused-ring (bicyclic) bond motifs is 1. The van der Waals surface area contributed by atoms with Gasteiger partial charge in [-0.25, -0.2) is 9.97 Å². The number of hydrogen-bond donors (Lipinski definition) is 2. The van der Waals surface area contributed by atoms with Gasteiger partial charge in [0.2, 0.25) is 5.95 Å². The molecule has 0 fully saturated rings. The van der Waals surface area contributed by atoms with Crippen molar-refractivity contribution in [3.63, 3.8) is 0 Å². The summed E-state index contributed by atoms with van der Waals surface area (Å²) < 4.78 is 0. The second-order valence-electron chi connectivity index (χ2n) is 4.44. The molecule has 0 aromatic carbocycles. The van der Waals surface area contributed by atoms with E-state index in [-0.39, 0.29) is 0 Å². The average Bonchev–Trinajstić information content (AvgIpc) is 2.89. The van der Waals surface area contributed by atoms with Crippen molar-refractivity contribution >= 4 is 28.9 Å². The van der Waals surface area contributed by atoms with Crippen LogP contribution in [-0.4, -0.2) is 32.2 Å². The van der Waals surface area contributed by atoms with Gasteiger partial charge < -0.3 is 10.3 Å². The van der Waals surface area contributed by atoms with Crippen molar-refractivity contribution in [1.82, 2.24) is 19.9 Å². The second kappa shape index (κ2) is 7.33. The van der Waals surface area contributed by atoms with Crippen molar-refractivity contribution in [2.45, 2.75) is 44.6 Å². The standard InChI is InChI=1S/C13H21N5S/c1-3-5-6-8-19-12-10-11(16-9-15-10)17-13(18-12)14-7-4-2/h9H,3-8H2,1-2H3,(H2,14,15,16,17,18). The zero-order valence-corrected chi connectivity index (χ0v) is 12.4. The van der Waals surface area contributed by atoms with Gasteiger partial charge in [-0.3, -0.25) is 0 Å². The number of thioether (sulfide) groups is 1. The van der Waals surface area contributed by atoms with E-state index in [9.17, 15) is 0 Å². The number of unbranched alkanes of at least 4 members (excludes halogenated alkanes) is 2. The van der Waals surface area contributed by atoms with E-state index in [1.165, 1.54) is 19.3 Å². The molecule has 2 rings (SSSR count). The minimum absolute atomic E-state index is 0.680. The van der Waals surface area contributed by atoms with E-state index in [1.807, 2.05) is 0 Å². The van der Waals surface area contributed by atoms with Crippen molar-refractivity contribution in [2.75, 3.05) is 17.6 Å². The summed E-state index contributed by atoms with van der Waals surface area (Å²) in [5.41, 5.74) is 1.69. The Hall–Kier alpha value is -1.30. The zero-order valence-electron chi connectivity index (χ0n) is 11.6. The fourth-order valence-electron chi connectivity index (χ4n) is 1.75. The van der Waals surface area contributed by atoms with Gasteiger partial charge in [0, 0.05) is 6.54 Å².